The SMILES string of the molecule is O=C(CC1OC(=O)c2ccccc21)c1ccc(-c2ccccc2)cc1. The van der Waals surface area contributed by atoms with Crippen molar-refractivity contribution in [2.45, 2.75) is 12.5 Å². The van der Waals surface area contributed by atoms with Gasteiger partial charge in [-0.1, -0.05) is 72.8 Å². The van der Waals surface area contributed by atoms with Crippen molar-refractivity contribution in [1.29, 1.82) is 0 Å². The molecule has 3 nitrogen and oxygen atoms in total. The van der Waals surface area contributed by atoms with Gasteiger partial charge >= 0.3 is 5.97 Å². The van der Waals surface area contributed by atoms with Crippen LogP contribution >= 0.6 is 0 Å². The third kappa shape index (κ3) is 2.96. The highest BCUT2D eigenvalue weighted by molar-refractivity contribution is 5.99. The van der Waals surface area contributed by atoms with Crippen LogP contribution in [0.2, 0.25) is 0 Å². The van der Waals surface area contributed by atoms with Crippen molar-refractivity contribution >= 4 is 11.8 Å². The van der Waals surface area contributed by atoms with E-state index >= 15 is 0 Å². The van der Waals surface area contributed by atoms with E-state index in [1.54, 1.807) is 12.1 Å². The second-order valence-corrected chi connectivity index (χ2v) is 6.05. The standard InChI is InChI=1S/C22H16O3/c23-20(14-21-18-8-4-5-9-19(18)22(24)25-21)17-12-10-16(11-13-17)15-6-2-1-3-7-15/h1-13,21H,14H2. The number of rotatable bonds is 4. The molecule has 0 fully saturated rings. The Hall–Kier alpha value is -3.20. The molecule has 1 unspecified atom stereocenters. The molecule has 1 aliphatic heterocycles. The van der Waals surface area contributed by atoms with Crippen LogP contribution in [0.15, 0.2) is 78.9 Å². The molecule has 1 atom stereocenters. The molecule has 0 aromatic heterocycles. The monoisotopic (exact) mass is 328 g/mol. The van der Waals surface area contributed by atoms with Crippen LogP contribution in [0.3, 0.4) is 0 Å². The first kappa shape index (κ1) is 15.3. The van der Waals surface area contributed by atoms with Crippen LogP contribution in [0.4, 0.5) is 0 Å². The zero-order valence-corrected chi connectivity index (χ0v) is 13.5. The molecule has 25 heavy (non-hydrogen) atoms. The smallest absolute Gasteiger partial charge is 0.339 e. The zero-order valence-electron chi connectivity index (χ0n) is 13.5. The number of esters is 1. The molecule has 4 rings (SSSR count). The van der Waals surface area contributed by atoms with E-state index < -0.39 is 6.10 Å². The van der Waals surface area contributed by atoms with Crippen molar-refractivity contribution in [1.82, 2.24) is 0 Å². The van der Waals surface area contributed by atoms with Gasteiger partial charge in [0.2, 0.25) is 0 Å². The van der Waals surface area contributed by atoms with Crippen LogP contribution in [0.25, 0.3) is 11.1 Å². The minimum absolute atomic E-state index is 0.0332. The first-order chi connectivity index (χ1) is 12.2. The Morgan fingerprint density at radius 2 is 1.44 bits per heavy atom. The van der Waals surface area contributed by atoms with Crippen molar-refractivity contribution in [3.63, 3.8) is 0 Å². The number of ether oxygens (including phenoxy) is 1. The molecule has 1 aliphatic rings. The van der Waals surface area contributed by atoms with Gasteiger partial charge in [-0.25, -0.2) is 4.79 Å². The van der Waals surface area contributed by atoms with Crippen molar-refractivity contribution in [2.75, 3.05) is 0 Å². The highest BCUT2D eigenvalue weighted by Gasteiger charge is 2.32. The molecule has 0 saturated heterocycles. The van der Waals surface area contributed by atoms with Gasteiger partial charge in [0.25, 0.3) is 0 Å². The van der Waals surface area contributed by atoms with Crippen LogP contribution in [0.1, 0.15) is 38.8 Å². The van der Waals surface area contributed by atoms with Crippen molar-refractivity contribution in [3.05, 3.63) is 95.6 Å². The third-order valence-electron chi connectivity index (χ3n) is 4.46. The lowest BCUT2D eigenvalue weighted by Gasteiger charge is -2.10. The van der Waals surface area contributed by atoms with E-state index in [0.717, 1.165) is 16.7 Å². The summed E-state index contributed by atoms with van der Waals surface area (Å²) in [5.41, 5.74) is 4.15. The Morgan fingerprint density at radius 3 is 2.20 bits per heavy atom. The molecule has 3 heteroatoms. The Labute approximate surface area is 145 Å². The predicted molar refractivity (Wildman–Crippen MR) is 95.4 cm³/mol. The molecular formula is C22H16O3. The molecule has 0 spiro atoms. The highest BCUT2D eigenvalue weighted by atomic mass is 16.5. The number of carbonyl (C=O) groups is 2. The number of hydrogen-bond donors (Lipinski definition) is 0. The third-order valence-corrected chi connectivity index (χ3v) is 4.46. The number of benzene rings is 3. The van der Waals surface area contributed by atoms with E-state index in [4.69, 9.17) is 4.74 Å². The summed E-state index contributed by atoms with van der Waals surface area (Å²) in [7, 11) is 0. The summed E-state index contributed by atoms with van der Waals surface area (Å²) in [5.74, 6) is -0.387. The average molecular weight is 328 g/mol. The molecule has 0 saturated carbocycles. The zero-order chi connectivity index (χ0) is 17.2. The molecule has 0 N–H and O–H groups in total. The van der Waals surface area contributed by atoms with Gasteiger partial charge in [-0.05, 0) is 17.2 Å². The summed E-state index contributed by atoms with van der Waals surface area (Å²) in [5, 5.41) is 0. The predicted octanol–water partition coefficient (Wildman–Crippen LogP) is 4.84. The van der Waals surface area contributed by atoms with E-state index in [2.05, 4.69) is 0 Å². The maximum Gasteiger partial charge on any atom is 0.339 e. The molecule has 0 radical (unpaired) electrons. The average Bonchev–Trinajstić information content (AvgIpc) is 2.98. The van der Waals surface area contributed by atoms with Crippen LogP contribution in [-0.2, 0) is 4.74 Å². The van der Waals surface area contributed by atoms with Gasteiger partial charge in [0.1, 0.15) is 6.10 Å². The summed E-state index contributed by atoms with van der Waals surface area (Å²) < 4.78 is 5.36. The molecule has 122 valence electrons. The Balaban J connectivity index is 1.52. The normalized spacial score (nSPS) is 15.5. The minimum Gasteiger partial charge on any atom is -0.453 e. The van der Waals surface area contributed by atoms with E-state index in [0.29, 0.717) is 11.1 Å². The molecule has 0 bridgehead atoms. The van der Waals surface area contributed by atoms with E-state index in [1.165, 1.54) is 0 Å². The lowest BCUT2D eigenvalue weighted by molar-refractivity contribution is 0.0367. The molecule has 0 amide bonds. The highest BCUT2D eigenvalue weighted by Crippen LogP contribution is 2.33. The summed E-state index contributed by atoms with van der Waals surface area (Å²) >= 11 is 0. The summed E-state index contributed by atoms with van der Waals surface area (Å²) in [6, 6.07) is 24.8. The van der Waals surface area contributed by atoms with Gasteiger partial charge < -0.3 is 4.74 Å². The van der Waals surface area contributed by atoms with Crippen molar-refractivity contribution in [2.24, 2.45) is 0 Å². The second kappa shape index (κ2) is 6.36. The largest absolute Gasteiger partial charge is 0.453 e. The number of Topliss-reactive ketones (excluding diaryl/α,β-unsaturated/α-hetero) is 1. The van der Waals surface area contributed by atoms with Crippen LogP contribution in [0.5, 0.6) is 0 Å². The van der Waals surface area contributed by atoms with E-state index in [-0.39, 0.29) is 18.2 Å². The number of hydrogen-bond acceptors (Lipinski definition) is 3. The summed E-state index contributed by atoms with van der Waals surface area (Å²) in [6.07, 6.45) is -0.335. The fourth-order valence-electron chi connectivity index (χ4n) is 3.14. The lowest BCUT2D eigenvalue weighted by Crippen LogP contribution is -2.07. The maximum atomic E-state index is 12.6. The van der Waals surface area contributed by atoms with Gasteiger partial charge in [-0.3, -0.25) is 4.79 Å². The topological polar surface area (TPSA) is 43.4 Å². The minimum atomic E-state index is -0.495. The molecular weight excluding hydrogens is 312 g/mol. The Bertz CT molecular complexity index is 927. The Morgan fingerprint density at radius 1 is 0.800 bits per heavy atom. The number of ketones is 1. The maximum absolute atomic E-state index is 12.6. The molecule has 3 aromatic carbocycles. The van der Waals surface area contributed by atoms with Gasteiger partial charge in [0.05, 0.1) is 12.0 Å². The first-order valence-corrected chi connectivity index (χ1v) is 8.21. The van der Waals surface area contributed by atoms with E-state index in [1.807, 2.05) is 66.7 Å². The van der Waals surface area contributed by atoms with Crippen LogP contribution in [-0.4, -0.2) is 11.8 Å². The Kier molecular flexibility index (Phi) is 3.90. The number of carbonyl (C=O) groups excluding carboxylic acids is 2. The molecule has 0 aliphatic carbocycles. The van der Waals surface area contributed by atoms with Crippen molar-refractivity contribution < 1.29 is 14.3 Å². The lowest BCUT2D eigenvalue weighted by atomic mass is 9.97. The van der Waals surface area contributed by atoms with Crippen LogP contribution < -0.4 is 0 Å². The second-order valence-electron chi connectivity index (χ2n) is 6.05. The quantitative estimate of drug-likeness (QED) is 0.508. The van der Waals surface area contributed by atoms with Gasteiger partial charge in [-0.2, -0.15) is 0 Å². The van der Waals surface area contributed by atoms with E-state index in [9.17, 15) is 9.59 Å². The number of fused-ring (bicyclic) bond motifs is 1. The fourth-order valence-corrected chi connectivity index (χ4v) is 3.14. The first-order valence-electron chi connectivity index (χ1n) is 8.21. The van der Waals surface area contributed by atoms with Crippen LogP contribution in [0, 0.1) is 0 Å². The summed E-state index contributed by atoms with van der Waals surface area (Å²) in [6.45, 7) is 0. The number of cyclic esters (lactones) is 1. The van der Waals surface area contributed by atoms with Gasteiger partial charge in [0, 0.05) is 11.1 Å². The molecule has 1 heterocycles. The van der Waals surface area contributed by atoms with Gasteiger partial charge in [0.15, 0.2) is 5.78 Å². The summed E-state index contributed by atoms with van der Waals surface area (Å²) in [4.78, 5) is 24.4. The van der Waals surface area contributed by atoms with Gasteiger partial charge in [-0.15, -0.1) is 0 Å². The fraction of sp³-hybridized carbons (Fsp3) is 0.0909. The van der Waals surface area contributed by atoms with Crippen molar-refractivity contribution in [3.8, 4) is 11.1 Å². The molecule has 3 aromatic rings.